The quantitative estimate of drug-likeness (QED) is 0.668. The molecule has 1 aromatic heterocycles. The van der Waals surface area contributed by atoms with E-state index in [1.807, 2.05) is 31.5 Å². The number of aryl methyl sites for hydroxylation is 2. The van der Waals surface area contributed by atoms with Crippen LogP contribution in [-0.4, -0.2) is 9.78 Å². The number of nitrogens with zero attached hydrogens (tertiary/aromatic N) is 3. The molecule has 0 N–H and O–H groups in total. The molecule has 0 aliphatic heterocycles. The van der Waals surface area contributed by atoms with E-state index in [2.05, 4.69) is 11.2 Å². The summed E-state index contributed by atoms with van der Waals surface area (Å²) < 4.78 is 1.90. The Morgan fingerprint density at radius 3 is 2.75 bits per heavy atom. The molecular formula is C9H13N3. The molecule has 1 heterocycles. The van der Waals surface area contributed by atoms with Gasteiger partial charge >= 0.3 is 0 Å². The molecule has 0 saturated carbocycles. The molecule has 0 bridgehead atoms. The molecule has 0 spiro atoms. The SMILES string of the molecule is Cc1cc(C)n(C(C)CC#N)n1. The molecule has 0 radical (unpaired) electrons. The van der Waals surface area contributed by atoms with E-state index in [1.54, 1.807) is 0 Å². The van der Waals surface area contributed by atoms with Crippen molar-refractivity contribution < 1.29 is 0 Å². The molecule has 1 unspecified atom stereocenters. The lowest BCUT2D eigenvalue weighted by molar-refractivity contribution is 0.486. The van der Waals surface area contributed by atoms with Gasteiger partial charge in [-0.3, -0.25) is 4.68 Å². The zero-order chi connectivity index (χ0) is 9.14. The molecular weight excluding hydrogens is 150 g/mol. The molecule has 0 amide bonds. The maximum absolute atomic E-state index is 8.50. The Bertz CT molecular complexity index is 306. The summed E-state index contributed by atoms with van der Waals surface area (Å²) >= 11 is 0. The summed E-state index contributed by atoms with van der Waals surface area (Å²) in [5.41, 5.74) is 2.13. The summed E-state index contributed by atoms with van der Waals surface area (Å²) in [7, 11) is 0. The zero-order valence-corrected chi connectivity index (χ0v) is 7.70. The van der Waals surface area contributed by atoms with Crippen molar-refractivity contribution in [2.45, 2.75) is 33.2 Å². The molecule has 1 atom stereocenters. The molecule has 3 nitrogen and oxygen atoms in total. The first kappa shape index (κ1) is 8.79. The number of rotatable bonds is 2. The number of nitriles is 1. The smallest absolute Gasteiger partial charge is 0.0644 e. The first-order chi connectivity index (χ1) is 5.65. The van der Waals surface area contributed by atoms with Crippen molar-refractivity contribution in [1.29, 1.82) is 5.26 Å². The van der Waals surface area contributed by atoms with Crippen LogP contribution in [-0.2, 0) is 0 Å². The average Bonchev–Trinajstić information content (AvgIpc) is 2.30. The van der Waals surface area contributed by atoms with Crippen LogP contribution in [0.5, 0.6) is 0 Å². The lowest BCUT2D eigenvalue weighted by Gasteiger charge is -2.09. The van der Waals surface area contributed by atoms with Crippen LogP contribution in [0.4, 0.5) is 0 Å². The summed E-state index contributed by atoms with van der Waals surface area (Å²) in [5.74, 6) is 0. The minimum atomic E-state index is 0.184. The first-order valence-electron chi connectivity index (χ1n) is 4.05. The van der Waals surface area contributed by atoms with E-state index in [4.69, 9.17) is 5.26 Å². The van der Waals surface area contributed by atoms with Gasteiger partial charge in [0.1, 0.15) is 0 Å². The molecule has 0 fully saturated rings. The van der Waals surface area contributed by atoms with E-state index in [1.165, 1.54) is 0 Å². The van der Waals surface area contributed by atoms with E-state index in [0.29, 0.717) is 6.42 Å². The Morgan fingerprint density at radius 1 is 1.67 bits per heavy atom. The highest BCUT2D eigenvalue weighted by Crippen LogP contribution is 2.12. The third kappa shape index (κ3) is 1.65. The molecule has 0 aliphatic rings. The summed E-state index contributed by atoms with van der Waals surface area (Å²) in [6, 6.07) is 4.35. The van der Waals surface area contributed by atoms with Crippen molar-refractivity contribution in [3.05, 3.63) is 17.5 Å². The topological polar surface area (TPSA) is 41.6 Å². The van der Waals surface area contributed by atoms with Gasteiger partial charge in [-0.1, -0.05) is 0 Å². The van der Waals surface area contributed by atoms with E-state index in [9.17, 15) is 0 Å². The van der Waals surface area contributed by atoms with Crippen molar-refractivity contribution in [2.24, 2.45) is 0 Å². The Kier molecular flexibility index (Phi) is 2.49. The van der Waals surface area contributed by atoms with Crippen molar-refractivity contribution in [3.8, 4) is 6.07 Å². The zero-order valence-electron chi connectivity index (χ0n) is 7.70. The molecule has 1 rings (SSSR count). The number of hydrogen-bond donors (Lipinski definition) is 0. The van der Waals surface area contributed by atoms with Crippen LogP contribution >= 0.6 is 0 Å². The van der Waals surface area contributed by atoms with Crippen LogP contribution in [0.2, 0.25) is 0 Å². The van der Waals surface area contributed by atoms with Crippen molar-refractivity contribution in [2.75, 3.05) is 0 Å². The predicted molar refractivity (Wildman–Crippen MR) is 46.6 cm³/mol. The fourth-order valence-corrected chi connectivity index (χ4v) is 1.31. The third-order valence-corrected chi connectivity index (χ3v) is 1.85. The van der Waals surface area contributed by atoms with Gasteiger partial charge in [0.25, 0.3) is 0 Å². The van der Waals surface area contributed by atoms with Gasteiger partial charge in [-0.05, 0) is 26.8 Å². The van der Waals surface area contributed by atoms with E-state index in [-0.39, 0.29) is 6.04 Å². The standard InChI is InChI=1S/C9H13N3/c1-7-6-9(3)12(11-7)8(2)4-5-10/h6,8H,4H2,1-3H3. The van der Waals surface area contributed by atoms with Gasteiger partial charge in [-0.15, -0.1) is 0 Å². The van der Waals surface area contributed by atoms with Gasteiger partial charge in [0, 0.05) is 5.69 Å². The van der Waals surface area contributed by atoms with Crippen molar-refractivity contribution >= 4 is 0 Å². The van der Waals surface area contributed by atoms with Crippen LogP contribution in [0.25, 0.3) is 0 Å². The highest BCUT2D eigenvalue weighted by molar-refractivity contribution is 5.07. The Morgan fingerprint density at radius 2 is 2.33 bits per heavy atom. The molecule has 3 heteroatoms. The van der Waals surface area contributed by atoms with Crippen molar-refractivity contribution in [3.63, 3.8) is 0 Å². The molecule has 64 valence electrons. The Hall–Kier alpha value is -1.30. The fourth-order valence-electron chi connectivity index (χ4n) is 1.31. The first-order valence-corrected chi connectivity index (χ1v) is 4.05. The summed E-state index contributed by atoms with van der Waals surface area (Å²) in [4.78, 5) is 0. The molecule has 0 aliphatic carbocycles. The largest absolute Gasteiger partial charge is 0.266 e. The van der Waals surface area contributed by atoms with Gasteiger partial charge < -0.3 is 0 Å². The van der Waals surface area contributed by atoms with Crippen LogP contribution in [0.1, 0.15) is 30.8 Å². The number of aromatic nitrogens is 2. The van der Waals surface area contributed by atoms with Gasteiger partial charge in [0.15, 0.2) is 0 Å². The molecule has 12 heavy (non-hydrogen) atoms. The van der Waals surface area contributed by atoms with Crippen molar-refractivity contribution in [1.82, 2.24) is 9.78 Å². The van der Waals surface area contributed by atoms with Gasteiger partial charge in [-0.25, -0.2) is 0 Å². The second kappa shape index (κ2) is 3.40. The second-order valence-electron chi connectivity index (χ2n) is 3.08. The summed E-state index contributed by atoms with van der Waals surface area (Å²) in [5, 5.41) is 12.8. The maximum Gasteiger partial charge on any atom is 0.0644 e. The van der Waals surface area contributed by atoms with Gasteiger partial charge in [0.05, 0.1) is 24.2 Å². The molecule has 1 aromatic rings. The van der Waals surface area contributed by atoms with E-state index >= 15 is 0 Å². The summed E-state index contributed by atoms with van der Waals surface area (Å²) in [6.07, 6.45) is 0.516. The van der Waals surface area contributed by atoms with E-state index < -0.39 is 0 Å². The van der Waals surface area contributed by atoms with Crippen LogP contribution in [0.15, 0.2) is 6.07 Å². The van der Waals surface area contributed by atoms with Crippen LogP contribution in [0, 0.1) is 25.2 Å². The lowest BCUT2D eigenvalue weighted by Crippen LogP contribution is -2.07. The summed E-state index contributed by atoms with van der Waals surface area (Å²) in [6.45, 7) is 5.97. The van der Waals surface area contributed by atoms with E-state index in [0.717, 1.165) is 11.4 Å². The molecule has 0 saturated heterocycles. The lowest BCUT2D eigenvalue weighted by atomic mass is 10.2. The fraction of sp³-hybridized carbons (Fsp3) is 0.556. The predicted octanol–water partition coefficient (Wildman–Crippen LogP) is 1.97. The third-order valence-electron chi connectivity index (χ3n) is 1.85. The average molecular weight is 163 g/mol. The Labute approximate surface area is 72.6 Å². The molecule has 0 aromatic carbocycles. The number of hydrogen-bond acceptors (Lipinski definition) is 2. The minimum absolute atomic E-state index is 0.184. The Balaban J connectivity index is 2.88. The highest BCUT2D eigenvalue weighted by atomic mass is 15.3. The van der Waals surface area contributed by atoms with Gasteiger partial charge in [-0.2, -0.15) is 10.4 Å². The second-order valence-corrected chi connectivity index (χ2v) is 3.08. The van der Waals surface area contributed by atoms with Crippen LogP contribution < -0.4 is 0 Å². The maximum atomic E-state index is 8.50. The monoisotopic (exact) mass is 163 g/mol. The minimum Gasteiger partial charge on any atom is -0.266 e. The van der Waals surface area contributed by atoms with Crippen LogP contribution in [0.3, 0.4) is 0 Å². The van der Waals surface area contributed by atoms with Gasteiger partial charge in [0.2, 0.25) is 0 Å². The highest BCUT2D eigenvalue weighted by Gasteiger charge is 2.07. The normalized spacial score (nSPS) is 12.5.